The SMILES string of the molecule is CCC(C)=O.CCCC.CCCCCCC(c1ccc(F)cc1)c1ccc(F)cc1.CCc1cc(C(C)(C)C)c(OC)c(C(C)(C)C)c1. The quantitative estimate of drug-likeness (QED) is 0.190. The number of methoxy groups -OCH3 is 1. The lowest BCUT2D eigenvalue weighted by molar-refractivity contribution is -0.116. The van der Waals surface area contributed by atoms with Gasteiger partial charge in [0.15, 0.2) is 0 Å². The monoisotopic (exact) mass is 667 g/mol. The van der Waals surface area contributed by atoms with Crippen LogP contribution in [0, 0.1) is 11.6 Å². The summed E-state index contributed by atoms with van der Waals surface area (Å²) in [6.45, 7) is 25.7. The molecule has 0 unspecified atom stereocenters. The topological polar surface area (TPSA) is 26.3 Å². The molecule has 0 fully saturated rings. The molecule has 0 aromatic heterocycles. The van der Waals surface area contributed by atoms with Gasteiger partial charge in [0.25, 0.3) is 0 Å². The van der Waals surface area contributed by atoms with E-state index in [2.05, 4.69) is 81.4 Å². The van der Waals surface area contributed by atoms with Crippen molar-refractivity contribution in [3.8, 4) is 5.75 Å². The Hall–Kier alpha value is -3.01. The lowest BCUT2D eigenvalue weighted by Gasteiger charge is -2.29. The van der Waals surface area contributed by atoms with Crippen LogP contribution in [0.15, 0.2) is 60.7 Å². The highest BCUT2D eigenvalue weighted by molar-refractivity contribution is 5.74. The van der Waals surface area contributed by atoms with E-state index in [1.807, 2.05) is 31.2 Å². The van der Waals surface area contributed by atoms with E-state index >= 15 is 0 Å². The zero-order valence-corrected chi connectivity index (χ0v) is 32.8. The van der Waals surface area contributed by atoms with E-state index in [0.29, 0.717) is 6.42 Å². The van der Waals surface area contributed by atoms with Gasteiger partial charge < -0.3 is 9.53 Å². The molecule has 0 atom stereocenters. The average Bonchev–Trinajstić information content (AvgIpc) is 3.05. The molecule has 3 aromatic rings. The van der Waals surface area contributed by atoms with Gasteiger partial charge in [-0.2, -0.15) is 0 Å². The van der Waals surface area contributed by atoms with Gasteiger partial charge in [-0.05, 0) is 71.6 Å². The number of halogens is 2. The fourth-order valence-corrected chi connectivity index (χ4v) is 4.92. The molecule has 0 N–H and O–H groups in total. The molecular formula is C44H68F2O2. The highest BCUT2D eigenvalue weighted by Gasteiger charge is 2.27. The van der Waals surface area contributed by atoms with Crippen LogP contribution in [-0.2, 0) is 22.0 Å². The minimum atomic E-state index is -0.220. The molecular weight excluding hydrogens is 598 g/mol. The number of Topliss-reactive ketones (excluding diaryl/α,β-unsaturated/α-hetero) is 1. The van der Waals surface area contributed by atoms with Crippen LogP contribution in [0.1, 0.15) is 168 Å². The van der Waals surface area contributed by atoms with Crippen molar-refractivity contribution in [2.45, 2.75) is 158 Å². The van der Waals surface area contributed by atoms with Crippen LogP contribution in [0.5, 0.6) is 5.75 Å². The molecule has 0 aliphatic rings. The van der Waals surface area contributed by atoms with E-state index in [1.54, 1.807) is 14.0 Å². The van der Waals surface area contributed by atoms with Crippen LogP contribution in [0.2, 0.25) is 0 Å². The van der Waals surface area contributed by atoms with Crippen molar-refractivity contribution < 1.29 is 18.3 Å². The minimum absolute atomic E-state index is 0.108. The largest absolute Gasteiger partial charge is 0.496 e. The fraction of sp³-hybridized carbons (Fsp3) is 0.568. The van der Waals surface area contributed by atoms with E-state index in [9.17, 15) is 13.6 Å². The van der Waals surface area contributed by atoms with Gasteiger partial charge in [0, 0.05) is 23.5 Å². The summed E-state index contributed by atoms with van der Waals surface area (Å²) in [5, 5.41) is 0. The van der Waals surface area contributed by atoms with E-state index < -0.39 is 0 Å². The van der Waals surface area contributed by atoms with Crippen molar-refractivity contribution >= 4 is 5.78 Å². The second-order valence-electron chi connectivity index (χ2n) is 14.6. The Kier molecular flexibility index (Phi) is 21.9. The number of unbranched alkanes of at least 4 members (excludes halogenated alkanes) is 4. The van der Waals surface area contributed by atoms with E-state index in [1.165, 1.54) is 73.1 Å². The normalized spacial score (nSPS) is 11.0. The second-order valence-corrected chi connectivity index (χ2v) is 14.6. The first-order valence-corrected chi connectivity index (χ1v) is 18.2. The molecule has 0 spiro atoms. The third-order valence-electron chi connectivity index (χ3n) is 8.27. The fourth-order valence-electron chi connectivity index (χ4n) is 4.92. The first-order valence-electron chi connectivity index (χ1n) is 18.2. The van der Waals surface area contributed by atoms with Crippen LogP contribution < -0.4 is 4.74 Å². The average molecular weight is 667 g/mol. The van der Waals surface area contributed by atoms with Crippen LogP contribution in [-0.4, -0.2) is 12.9 Å². The minimum Gasteiger partial charge on any atom is -0.496 e. The number of hydrogen-bond acceptors (Lipinski definition) is 2. The zero-order valence-electron chi connectivity index (χ0n) is 32.8. The second kappa shape index (κ2) is 23.4. The summed E-state index contributed by atoms with van der Waals surface area (Å²) in [6.07, 6.45) is 10.2. The molecule has 0 aliphatic heterocycles. The third kappa shape index (κ3) is 17.4. The molecule has 0 radical (unpaired) electrons. The lowest BCUT2D eigenvalue weighted by Crippen LogP contribution is -2.19. The number of carbonyl (C=O) groups is 1. The van der Waals surface area contributed by atoms with Crippen LogP contribution in [0.3, 0.4) is 0 Å². The number of ketones is 1. The molecule has 0 aliphatic carbocycles. The van der Waals surface area contributed by atoms with Crippen molar-refractivity contribution in [2.24, 2.45) is 0 Å². The third-order valence-corrected chi connectivity index (χ3v) is 8.27. The van der Waals surface area contributed by atoms with Gasteiger partial charge >= 0.3 is 0 Å². The summed E-state index contributed by atoms with van der Waals surface area (Å²) in [7, 11) is 1.78. The van der Waals surface area contributed by atoms with E-state index in [4.69, 9.17) is 4.74 Å². The summed E-state index contributed by atoms with van der Waals surface area (Å²) in [5.41, 5.74) is 6.43. The number of hydrogen-bond donors (Lipinski definition) is 0. The molecule has 2 nitrogen and oxygen atoms in total. The molecule has 48 heavy (non-hydrogen) atoms. The Bertz CT molecular complexity index is 1200. The number of ether oxygens (including phenoxy) is 1. The molecule has 270 valence electrons. The number of rotatable bonds is 11. The first-order chi connectivity index (χ1) is 22.5. The van der Waals surface area contributed by atoms with Crippen molar-refractivity contribution in [3.63, 3.8) is 0 Å². The standard InChI is InChI=1S/C19H22F2.C17H28O.C4H8O.C4H10/c1-2-3-4-5-6-19(15-7-11-17(20)12-8-15)16-9-13-18(21)14-10-16;1-9-12-10-13(16(2,3)4)15(18-8)14(11-12)17(5,6)7;1-3-4(2)5;1-3-4-2/h7-14,19H,2-6H2,1H3;10-11H,9H2,1-8H3;3H2,1-2H3;3-4H2,1-2H3. The lowest BCUT2D eigenvalue weighted by atomic mass is 9.78. The van der Waals surface area contributed by atoms with Gasteiger partial charge in [0.05, 0.1) is 7.11 Å². The summed E-state index contributed by atoms with van der Waals surface area (Å²) in [5.74, 6) is 1.09. The number of carbonyl (C=O) groups excluding carboxylic acids is 1. The molecule has 3 aromatic carbocycles. The predicted molar refractivity (Wildman–Crippen MR) is 205 cm³/mol. The van der Waals surface area contributed by atoms with Gasteiger partial charge in [0.1, 0.15) is 23.2 Å². The van der Waals surface area contributed by atoms with Crippen LogP contribution in [0.4, 0.5) is 8.78 Å². The highest BCUT2D eigenvalue weighted by Crippen LogP contribution is 2.40. The molecule has 0 saturated heterocycles. The molecule has 0 amide bonds. The Morgan fingerprint density at radius 3 is 1.33 bits per heavy atom. The highest BCUT2D eigenvalue weighted by atomic mass is 19.1. The summed E-state index contributed by atoms with van der Waals surface area (Å²) < 4.78 is 31.9. The Labute approximate surface area is 294 Å². The van der Waals surface area contributed by atoms with Crippen molar-refractivity contribution in [3.05, 3.63) is 100 Å². The van der Waals surface area contributed by atoms with Crippen LogP contribution >= 0.6 is 0 Å². The first kappa shape index (κ1) is 45.0. The molecule has 0 saturated carbocycles. The smallest absolute Gasteiger partial charge is 0.129 e. The van der Waals surface area contributed by atoms with Gasteiger partial charge in [-0.25, -0.2) is 8.78 Å². The molecule has 4 heteroatoms. The Balaban J connectivity index is 0.000000741. The van der Waals surface area contributed by atoms with Crippen molar-refractivity contribution in [1.82, 2.24) is 0 Å². The Morgan fingerprint density at radius 2 is 1.06 bits per heavy atom. The maximum atomic E-state index is 13.1. The van der Waals surface area contributed by atoms with E-state index in [-0.39, 0.29) is 34.2 Å². The van der Waals surface area contributed by atoms with Gasteiger partial charge in [-0.1, -0.05) is 151 Å². The van der Waals surface area contributed by atoms with E-state index in [0.717, 1.165) is 36.1 Å². The molecule has 3 rings (SSSR count). The summed E-state index contributed by atoms with van der Waals surface area (Å²) in [4.78, 5) is 9.81. The molecule has 0 heterocycles. The van der Waals surface area contributed by atoms with Gasteiger partial charge in [-0.3, -0.25) is 0 Å². The summed E-state index contributed by atoms with van der Waals surface area (Å²) in [6, 6.07) is 17.9. The van der Waals surface area contributed by atoms with Gasteiger partial charge in [-0.15, -0.1) is 0 Å². The Morgan fingerprint density at radius 1 is 0.667 bits per heavy atom. The number of aryl methyl sites for hydroxylation is 1. The van der Waals surface area contributed by atoms with Crippen molar-refractivity contribution in [1.29, 1.82) is 0 Å². The maximum absolute atomic E-state index is 13.1. The van der Waals surface area contributed by atoms with Crippen LogP contribution in [0.25, 0.3) is 0 Å². The predicted octanol–water partition coefficient (Wildman–Crippen LogP) is 13.7. The van der Waals surface area contributed by atoms with Crippen molar-refractivity contribution in [2.75, 3.05) is 7.11 Å². The maximum Gasteiger partial charge on any atom is 0.129 e. The zero-order chi connectivity index (χ0) is 36.9. The van der Waals surface area contributed by atoms with Gasteiger partial charge in [0.2, 0.25) is 0 Å². The summed E-state index contributed by atoms with van der Waals surface area (Å²) >= 11 is 0. The number of benzene rings is 3. The molecule has 0 bridgehead atoms.